The van der Waals surface area contributed by atoms with Crippen molar-refractivity contribution in [3.63, 3.8) is 0 Å². The molecule has 0 saturated heterocycles. The van der Waals surface area contributed by atoms with Gasteiger partial charge in [0.05, 0.1) is 17.6 Å². The Morgan fingerprint density at radius 3 is 2.74 bits per heavy atom. The third kappa shape index (κ3) is 3.99. The predicted octanol–water partition coefficient (Wildman–Crippen LogP) is 5.56. The van der Waals surface area contributed by atoms with E-state index in [1.54, 1.807) is 29.1 Å². The highest BCUT2D eigenvalue weighted by Gasteiger charge is 2.09. The van der Waals surface area contributed by atoms with Gasteiger partial charge in [0.15, 0.2) is 0 Å². The first-order valence-corrected chi connectivity index (χ1v) is 9.81. The topological polar surface area (TPSA) is 45.4 Å². The van der Waals surface area contributed by atoms with Gasteiger partial charge in [-0.25, -0.2) is 14.1 Å². The van der Waals surface area contributed by atoms with Crippen LogP contribution in [-0.4, -0.2) is 15.9 Å². The van der Waals surface area contributed by atoms with Crippen LogP contribution in [0.2, 0.25) is 0 Å². The number of hydrogen-bond acceptors (Lipinski definition) is 3. The molecule has 4 nitrogen and oxygen atoms in total. The lowest BCUT2D eigenvalue weighted by molar-refractivity contribution is 0.628. The number of halogens is 2. The molecule has 4 rings (SSSR count). The molecular formula is C20H14BrFN4S. The zero-order chi connectivity index (χ0) is 18.6. The fourth-order valence-corrected chi connectivity index (χ4v) is 3.77. The van der Waals surface area contributed by atoms with E-state index < -0.39 is 0 Å². The number of hydrogen-bond donors (Lipinski definition) is 1. The van der Waals surface area contributed by atoms with Crippen molar-refractivity contribution in [2.45, 2.75) is 0 Å². The summed E-state index contributed by atoms with van der Waals surface area (Å²) in [4.78, 5) is 8.15. The van der Waals surface area contributed by atoms with Crippen molar-refractivity contribution in [1.82, 2.24) is 9.66 Å². The summed E-state index contributed by atoms with van der Waals surface area (Å²) in [6.07, 6.45) is 3.55. The van der Waals surface area contributed by atoms with E-state index in [0.29, 0.717) is 4.80 Å². The highest BCUT2D eigenvalue weighted by molar-refractivity contribution is 9.10. The van der Waals surface area contributed by atoms with Crippen molar-refractivity contribution < 1.29 is 4.39 Å². The summed E-state index contributed by atoms with van der Waals surface area (Å²) in [6, 6.07) is 18.2. The molecule has 0 aliphatic heterocycles. The Hall–Kier alpha value is -2.77. The van der Waals surface area contributed by atoms with Gasteiger partial charge in [-0.05, 0) is 36.4 Å². The van der Waals surface area contributed by atoms with Crippen LogP contribution in [0.1, 0.15) is 5.69 Å². The molecule has 2 aromatic carbocycles. The number of benzene rings is 2. The van der Waals surface area contributed by atoms with Crippen LogP contribution in [0, 0.1) is 5.82 Å². The number of thiazole rings is 1. The fourth-order valence-electron chi connectivity index (χ4n) is 2.52. The normalized spacial score (nSPS) is 12.1. The quantitative estimate of drug-likeness (QED) is 0.403. The average molecular weight is 441 g/mol. The van der Waals surface area contributed by atoms with Crippen LogP contribution in [0.3, 0.4) is 0 Å². The molecule has 0 unspecified atom stereocenters. The summed E-state index contributed by atoms with van der Waals surface area (Å²) in [5.41, 5.74) is 3.01. The zero-order valence-electron chi connectivity index (χ0n) is 14.0. The summed E-state index contributed by atoms with van der Waals surface area (Å²) in [5, 5.41) is 6.55. The van der Waals surface area contributed by atoms with Gasteiger partial charge in [0, 0.05) is 21.6 Å². The molecule has 7 heteroatoms. The maximum Gasteiger partial charge on any atom is 0.211 e. The van der Waals surface area contributed by atoms with Gasteiger partial charge in [-0.3, -0.25) is 0 Å². The SMILES string of the molecule is Fc1ccccc1N=c1scc(-c2cccc(Br)c2)n1N=Cc1ccc[nH]1. The molecule has 0 saturated carbocycles. The Balaban J connectivity index is 1.88. The Labute approximate surface area is 167 Å². The van der Waals surface area contributed by atoms with E-state index in [4.69, 9.17) is 0 Å². The maximum atomic E-state index is 14.1. The molecule has 2 aromatic heterocycles. The minimum absolute atomic E-state index is 0.281. The van der Waals surface area contributed by atoms with E-state index in [1.165, 1.54) is 17.4 Å². The Kier molecular flexibility index (Phi) is 5.13. The highest BCUT2D eigenvalue weighted by Crippen LogP contribution is 2.24. The average Bonchev–Trinajstić information content (AvgIpc) is 3.32. The number of aromatic amines is 1. The van der Waals surface area contributed by atoms with Gasteiger partial charge in [0.2, 0.25) is 4.80 Å². The summed E-state index contributed by atoms with van der Waals surface area (Å²) in [7, 11) is 0. The number of aromatic nitrogens is 2. The molecule has 1 N–H and O–H groups in total. The van der Waals surface area contributed by atoms with Gasteiger partial charge in [-0.1, -0.05) is 40.2 Å². The third-order valence-corrected chi connectivity index (χ3v) is 5.12. The molecule has 0 atom stereocenters. The molecule has 0 bridgehead atoms. The van der Waals surface area contributed by atoms with E-state index in [0.717, 1.165) is 21.4 Å². The highest BCUT2D eigenvalue weighted by atomic mass is 79.9. The van der Waals surface area contributed by atoms with E-state index in [1.807, 2.05) is 48.0 Å². The number of para-hydroxylation sites is 1. The van der Waals surface area contributed by atoms with Gasteiger partial charge < -0.3 is 4.98 Å². The standard InChI is InChI=1S/C20H14BrFN4S/c21-15-6-3-5-14(11-15)19-13-27-20(25-18-9-2-1-8-17(18)22)26(19)24-12-16-7-4-10-23-16/h1-13,23H. The predicted molar refractivity (Wildman–Crippen MR) is 111 cm³/mol. The molecule has 0 radical (unpaired) electrons. The van der Waals surface area contributed by atoms with E-state index in [9.17, 15) is 4.39 Å². The summed E-state index contributed by atoms with van der Waals surface area (Å²) in [5.74, 6) is -0.366. The summed E-state index contributed by atoms with van der Waals surface area (Å²) < 4.78 is 16.7. The van der Waals surface area contributed by atoms with Crippen LogP contribution >= 0.6 is 27.3 Å². The van der Waals surface area contributed by atoms with Crippen molar-refractivity contribution >= 4 is 39.2 Å². The fraction of sp³-hybridized carbons (Fsp3) is 0. The molecule has 0 aliphatic carbocycles. The summed E-state index contributed by atoms with van der Waals surface area (Å²) in [6.45, 7) is 0. The van der Waals surface area contributed by atoms with Crippen molar-refractivity contribution in [1.29, 1.82) is 0 Å². The molecule has 0 fully saturated rings. The molecule has 4 aromatic rings. The Bertz CT molecular complexity index is 1160. The molecule has 0 aliphatic rings. The van der Waals surface area contributed by atoms with Crippen molar-refractivity contribution in [2.75, 3.05) is 0 Å². The molecule has 27 heavy (non-hydrogen) atoms. The second kappa shape index (κ2) is 7.85. The lowest BCUT2D eigenvalue weighted by Crippen LogP contribution is -2.11. The number of nitrogens with zero attached hydrogens (tertiary/aromatic N) is 3. The van der Waals surface area contributed by atoms with Crippen LogP contribution in [0.4, 0.5) is 10.1 Å². The number of rotatable bonds is 4. The van der Waals surface area contributed by atoms with Crippen LogP contribution in [0.5, 0.6) is 0 Å². The monoisotopic (exact) mass is 440 g/mol. The van der Waals surface area contributed by atoms with E-state index >= 15 is 0 Å². The molecule has 0 amide bonds. The Morgan fingerprint density at radius 1 is 1.07 bits per heavy atom. The minimum atomic E-state index is -0.366. The van der Waals surface area contributed by atoms with Crippen molar-refractivity contribution in [3.05, 3.63) is 93.0 Å². The van der Waals surface area contributed by atoms with Crippen molar-refractivity contribution in [2.24, 2.45) is 10.1 Å². The first kappa shape index (κ1) is 17.6. The van der Waals surface area contributed by atoms with Gasteiger partial charge >= 0.3 is 0 Å². The van der Waals surface area contributed by atoms with Crippen LogP contribution in [0.15, 0.2) is 86.8 Å². The van der Waals surface area contributed by atoms with E-state index in [-0.39, 0.29) is 11.5 Å². The van der Waals surface area contributed by atoms with Gasteiger partial charge in [0.25, 0.3) is 0 Å². The second-order valence-electron chi connectivity index (χ2n) is 5.66. The lowest BCUT2D eigenvalue weighted by atomic mass is 10.2. The molecule has 0 spiro atoms. The first-order valence-electron chi connectivity index (χ1n) is 8.14. The van der Waals surface area contributed by atoms with Gasteiger partial charge in [-0.2, -0.15) is 5.10 Å². The minimum Gasteiger partial charge on any atom is -0.360 e. The number of nitrogens with one attached hydrogen (secondary N) is 1. The van der Waals surface area contributed by atoms with Gasteiger partial charge in [0.1, 0.15) is 11.5 Å². The smallest absolute Gasteiger partial charge is 0.211 e. The first-order chi connectivity index (χ1) is 13.2. The lowest BCUT2D eigenvalue weighted by Gasteiger charge is -2.04. The van der Waals surface area contributed by atoms with Crippen molar-refractivity contribution in [3.8, 4) is 11.3 Å². The molecular weight excluding hydrogens is 427 g/mol. The third-order valence-electron chi connectivity index (χ3n) is 3.81. The molecule has 134 valence electrons. The number of H-pyrrole nitrogens is 1. The van der Waals surface area contributed by atoms with Crippen LogP contribution in [-0.2, 0) is 0 Å². The van der Waals surface area contributed by atoms with E-state index in [2.05, 4.69) is 31.0 Å². The zero-order valence-corrected chi connectivity index (χ0v) is 16.4. The van der Waals surface area contributed by atoms with Crippen LogP contribution in [0.25, 0.3) is 11.3 Å². The Morgan fingerprint density at radius 2 is 1.96 bits per heavy atom. The largest absolute Gasteiger partial charge is 0.360 e. The van der Waals surface area contributed by atoms with Crippen LogP contribution < -0.4 is 4.80 Å². The maximum absolute atomic E-state index is 14.1. The second-order valence-corrected chi connectivity index (χ2v) is 7.41. The van der Waals surface area contributed by atoms with Gasteiger partial charge in [-0.15, -0.1) is 11.3 Å². The molecule has 2 heterocycles. The summed E-state index contributed by atoms with van der Waals surface area (Å²) >= 11 is 4.91.